The van der Waals surface area contributed by atoms with Crippen LogP contribution in [0.25, 0.3) is 0 Å². The first-order valence-corrected chi connectivity index (χ1v) is 19.6. The molecule has 0 unspecified atom stereocenters. The van der Waals surface area contributed by atoms with Gasteiger partial charge < -0.3 is 29.4 Å². The molecule has 0 bridgehead atoms. The molecule has 0 heterocycles. The Hall–Kier alpha value is -3.84. The van der Waals surface area contributed by atoms with Gasteiger partial charge in [-0.3, -0.25) is 0 Å². The normalized spacial score (nSPS) is 13.8. The van der Waals surface area contributed by atoms with Crippen molar-refractivity contribution in [2.75, 3.05) is 114 Å². The van der Waals surface area contributed by atoms with E-state index in [1.807, 2.05) is 0 Å². The lowest BCUT2D eigenvalue weighted by atomic mass is 10.1. The minimum absolute atomic E-state index is 0.224. The topological polar surface area (TPSA) is 19.4 Å². The lowest BCUT2D eigenvalue weighted by molar-refractivity contribution is 1.06. The second-order valence-corrected chi connectivity index (χ2v) is 19.4. The van der Waals surface area contributed by atoms with Crippen molar-refractivity contribution in [3.63, 3.8) is 0 Å². The van der Waals surface area contributed by atoms with Gasteiger partial charge in [-0.1, -0.05) is 29.3 Å². The van der Waals surface area contributed by atoms with E-state index in [-0.39, 0.29) is 5.54 Å². The maximum absolute atomic E-state index is 3.09. The third kappa shape index (κ3) is 5.92. The average molecular weight is 681 g/mol. The van der Waals surface area contributed by atoms with Crippen LogP contribution in [-0.2, 0) is 0 Å². The van der Waals surface area contributed by atoms with E-state index in [4.69, 9.17) is 0 Å². The van der Waals surface area contributed by atoms with Crippen molar-refractivity contribution in [2.45, 2.75) is 54.0 Å². The molecule has 49 heavy (non-hydrogen) atoms. The molecule has 0 fully saturated rings. The fraction of sp³-hybridized carbons (Fsp3) is 0.476. The highest BCUT2D eigenvalue weighted by Gasteiger charge is 2.54. The predicted octanol–water partition coefficient (Wildman–Crippen LogP) is 6.53. The summed E-state index contributed by atoms with van der Waals surface area (Å²) in [5.41, 5.74) is 17.8. The molecule has 1 aliphatic rings. The van der Waals surface area contributed by atoms with Crippen molar-refractivity contribution in [3.8, 4) is 0 Å². The van der Waals surface area contributed by atoms with Gasteiger partial charge in [-0.05, 0) is 110 Å². The molecule has 7 heteroatoms. The molecule has 0 aliphatic heterocycles. The molecule has 3 aromatic rings. The zero-order valence-corrected chi connectivity index (χ0v) is 35.2. The largest absolute Gasteiger partial charge is 0.377 e. The molecular weight excluding hydrogens is 617 g/mol. The smallest absolute Gasteiger partial charge is 0.167 e. The van der Waals surface area contributed by atoms with Crippen molar-refractivity contribution < 1.29 is 0 Å². The predicted molar refractivity (Wildman–Crippen MR) is 225 cm³/mol. The lowest BCUT2D eigenvalue weighted by Crippen LogP contribution is -2.72. The van der Waals surface area contributed by atoms with Crippen LogP contribution >= 0.6 is 0 Å². The molecule has 6 nitrogen and oxygen atoms in total. The molecule has 0 amide bonds. The molecule has 0 radical (unpaired) electrons. The summed E-state index contributed by atoms with van der Waals surface area (Å²) in [5, 5.41) is 4.39. The maximum atomic E-state index is 2.51. The molecule has 0 atom stereocenters. The molecule has 0 spiro atoms. The second kappa shape index (κ2) is 13.8. The fourth-order valence-corrected chi connectivity index (χ4v) is 16.0. The van der Waals surface area contributed by atoms with Gasteiger partial charge in [0.15, 0.2) is 8.07 Å². The van der Waals surface area contributed by atoms with Crippen LogP contribution in [0.3, 0.4) is 0 Å². The van der Waals surface area contributed by atoms with Gasteiger partial charge in [0, 0.05) is 124 Å². The number of anilines is 6. The average Bonchev–Trinajstić information content (AvgIpc) is 3.19. The Kier molecular flexibility index (Phi) is 10.7. The van der Waals surface area contributed by atoms with Crippen LogP contribution in [0.1, 0.15) is 44.4 Å². The van der Waals surface area contributed by atoms with Gasteiger partial charge in [-0.2, -0.15) is 0 Å². The van der Waals surface area contributed by atoms with E-state index in [0.717, 1.165) is 0 Å². The lowest BCUT2D eigenvalue weighted by Gasteiger charge is -2.47. The number of hydrogen-bond acceptors (Lipinski definition) is 6. The summed E-state index contributed by atoms with van der Waals surface area (Å²) in [4.78, 5) is 13.9. The summed E-state index contributed by atoms with van der Waals surface area (Å²) in [6, 6.07) is 14.7. The molecule has 1 aliphatic carbocycles. The number of hydrogen-bond donors (Lipinski definition) is 0. The van der Waals surface area contributed by atoms with E-state index in [2.05, 4.69) is 199 Å². The van der Waals surface area contributed by atoms with Crippen LogP contribution in [0, 0.1) is 20.8 Å². The van der Waals surface area contributed by atoms with Gasteiger partial charge in [0.05, 0.1) is 0 Å². The first-order chi connectivity index (χ1) is 22.7. The molecule has 0 aromatic heterocycles. The summed E-state index contributed by atoms with van der Waals surface area (Å²) < 4.78 is 0. The van der Waals surface area contributed by atoms with E-state index >= 15 is 0 Å². The van der Waals surface area contributed by atoms with Crippen molar-refractivity contribution in [1.29, 1.82) is 0 Å². The maximum Gasteiger partial charge on any atom is 0.167 e. The first kappa shape index (κ1) is 38.0. The minimum Gasteiger partial charge on any atom is -0.377 e. The van der Waals surface area contributed by atoms with Crippen LogP contribution in [0.5, 0.6) is 0 Å². The Morgan fingerprint density at radius 2 is 0.612 bits per heavy atom. The number of benzene rings is 3. The summed E-state index contributed by atoms with van der Waals surface area (Å²) in [5.74, 6) is 0. The third-order valence-electron chi connectivity index (χ3n) is 11.3. The number of allylic oxidation sites excluding steroid dienone is 4. The first-order valence-electron chi connectivity index (χ1n) is 17.6. The quantitative estimate of drug-likeness (QED) is 0.178. The van der Waals surface area contributed by atoms with Gasteiger partial charge in [0.1, 0.15) is 0 Å². The summed E-state index contributed by atoms with van der Waals surface area (Å²) in [7, 11) is 23.3. The molecule has 0 saturated heterocycles. The van der Waals surface area contributed by atoms with E-state index < -0.39 is 8.07 Å². The standard InChI is InChI=1S/C42H64N6Si/c1-26-27(2)29(4)42(28(26)3)49(36-23-20-33(43(8)9)30(5)39(36)46(14)15,37-24-21-34(44(10)11)31(6)40(37)47(16)17)38-25-22-35(45(12)13)32(7)41(38)48(18)19/h20-25,42H,1-19H3. The molecule has 0 saturated carbocycles. The van der Waals surface area contributed by atoms with Gasteiger partial charge in [-0.15, -0.1) is 0 Å². The Balaban J connectivity index is 2.52. The molecule has 0 N–H and O–H groups in total. The summed E-state index contributed by atoms with van der Waals surface area (Å²) in [6.07, 6.45) is 0. The van der Waals surface area contributed by atoms with E-state index in [0.29, 0.717) is 0 Å². The fourth-order valence-electron chi connectivity index (χ4n) is 9.11. The van der Waals surface area contributed by atoms with Crippen LogP contribution in [0.4, 0.5) is 34.1 Å². The molecule has 3 aromatic carbocycles. The van der Waals surface area contributed by atoms with Crippen molar-refractivity contribution in [3.05, 3.63) is 75.4 Å². The Bertz CT molecular complexity index is 1620. The van der Waals surface area contributed by atoms with Crippen LogP contribution in [0.2, 0.25) is 5.54 Å². The zero-order valence-electron chi connectivity index (χ0n) is 34.2. The number of nitrogens with zero attached hydrogens (tertiary/aromatic N) is 6. The Morgan fingerprint density at radius 3 is 0.816 bits per heavy atom. The van der Waals surface area contributed by atoms with Crippen molar-refractivity contribution >= 4 is 57.8 Å². The van der Waals surface area contributed by atoms with E-state index in [1.54, 1.807) is 0 Å². The zero-order chi connectivity index (χ0) is 37.0. The van der Waals surface area contributed by atoms with Crippen LogP contribution < -0.4 is 45.0 Å². The highest BCUT2D eigenvalue weighted by molar-refractivity contribution is 7.15. The number of rotatable bonds is 10. The van der Waals surface area contributed by atoms with E-state index in [1.165, 1.54) is 88.7 Å². The summed E-state index contributed by atoms with van der Waals surface area (Å²) in [6.45, 7) is 16.5. The summed E-state index contributed by atoms with van der Waals surface area (Å²) >= 11 is 0. The minimum atomic E-state index is -3.09. The van der Waals surface area contributed by atoms with Gasteiger partial charge in [0.2, 0.25) is 0 Å². The van der Waals surface area contributed by atoms with Crippen molar-refractivity contribution in [1.82, 2.24) is 0 Å². The second-order valence-electron chi connectivity index (χ2n) is 15.5. The SMILES string of the molecule is CC1=C(C)C([Si](c2ccc(N(C)C)c(C)c2N(C)C)(c2ccc(N(C)C)c(C)c2N(C)C)c2ccc(N(C)C)c(C)c2N(C)C)C(C)=C1C. The molecule has 266 valence electrons. The Morgan fingerprint density at radius 1 is 0.367 bits per heavy atom. The molecular formula is C42H64N6Si. The monoisotopic (exact) mass is 680 g/mol. The van der Waals surface area contributed by atoms with Crippen molar-refractivity contribution in [2.24, 2.45) is 0 Å². The third-order valence-corrected chi connectivity index (χ3v) is 16.8. The molecule has 4 rings (SSSR count). The van der Waals surface area contributed by atoms with Crippen LogP contribution in [0.15, 0.2) is 58.7 Å². The van der Waals surface area contributed by atoms with E-state index in [9.17, 15) is 0 Å². The Labute approximate surface area is 300 Å². The van der Waals surface area contributed by atoms with Gasteiger partial charge in [-0.25, -0.2) is 0 Å². The van der Waals surface area contributed by atoms with Gasteiger partial charge >= 0.3 is 0 Å². The highest BCUT2D eigenvalue weighted by Crippen LogP contribution is 2.50. The highest BCUT2D eigenvalue weighted by atomic mass is 28.3. The van der Waals surface area contributed by atoms with Gasteiger partial charge in [0.25, 0.3) is 0 Å². The van der Waals surface area contributed by atoms with Crippen LogP contribution in [-0.4, -0.2) is 92.6 Å².